The summed E-state index contributed by atoms with van der Waals surface area (Å²) in [6, 6.07) is 4.98. The van der Waals surface area contributed by atoms with Crippen LogP contribution < -0.4 is 4.90 Å². The monoisotopic (exact) mass is 292 g/mol. The first-order valence-electron chi connectivity index (χ1n) is 7.10. The Morgan fingerprint density at radius 3 is 2.95 bits per heavy atom. The third-order valence-electron chi connectivity index (χ3n) is 3.92. The summed E-state index contributed by atoms with van der Waals surface area (Å²) in [4.78, 5) is 14.9. The van der Waals surface area contributed by atoms with Crippen LogP contribution in [0.5, 0.6) is 0 Å². The Morgan fingerprint density at radius 2 is 2.29 bits per heavy atom. The number of hydrogen-bond donors (Lipinski definition) is 1. The van der Waals surface area contributed by atoms with E-state index in [1.165, 1.54) is 12.1 Å². The average molecular weight is 292 g/mol. The second-order valence-corrected chi connectivity index (χ2v) is 5.52. The molecule has 1 aliphatic heterocycles. The van der Waals surface area contributed by atoms with Gasteiger partial charge in [-0.3, -0.25) is 0 Å². The van der Waals surface area contributed by atoms with Gasteiger partial charge in [0.2, 0.25) is 0 Å². The van der Waals surface area contributed by atoms with E-state index in [1.54, 1.807) is 12.1 Å². The summed E-state index contributed by atoms with van der Waals surface area (Å²) >= 11 is 0. The molecule has 0 radical (unpaired) electrons. The zero-order chi connectivity index (χ0) is 15.4. The van der Waals surface area contributed by atoms with Gasteiger partial charge in [0.25, 0.3) is 0 Å². The van der Waals surface area contributed by atoms with Gasteiger partial charge < -0.3 is 14.9 Å². The van der Waals surface area contributed by atoms with Crippen molar-refractivity contribution in [2.75, 3.05) is 32.1 Å². The number of nitrogens with zero attached hydrogens (tertiary/aromatic N) is 2. The molecule has 1 N–H and O–H groups in total. The molecule has 21 heavy (non-hydrogen) atoms. The third-order valence-corrected chi connectivity index (χ3v) is 3.92. The smallest absolute Gasteiger partial charge is 0.328 e. The molecular formula is C16H21FN2O2. The number of anilines is 1. The molecule has 114 valence electrons. The Morgan fingerprint density at radius 1 is 1.52 bits per heavy atom. The molecule has 0 aromatic heterocycles. The number of hydrogen-bond acceptors (Lipinski definition) is 3. The summed E-state index contributed by atoms with van der Waals surface area (Å²) in [6.07, 6.45) is 4.58. The van der Waals surface area contributed by atoms with Crippen LogP contribution in [0.3, 0.4) is 0 Å². The van der Waals surface area contributed by atoms with Gasteiger partial charge in [-0.05, 0) is 38.6 Å². The number of piperidine rings is 1. The van der Waals surface area contributed by atoms with Gasteiger partial charge in [-0.25, -0.2) is 9.18 Å². The van der Waals surface area contributed by atoms with Crippen molar-refractivity contribution in [3.05, 3.63) is 35.7 Å². The van der Waals surface area contributed by atoms with E-state index >= 15 is 0 Å². The van der Waals surface area contributed by atoms with E-state index in [0.717, 1.165) is 32.0 Å². The molecule has 2 rings (SSSR count). The van der Waals surface area contributed by atoms with Crippen molar-refractivity contribution in [1.82, 2.24) is 4.90 Å². The van der Waals surface area contributed by atoms with Crippen molar-refractivity contribution >= 4 is 17.7 Å². The van der Waals surface area contributed by atoms with E-state index in [4.69, 9.17) is 5.11 Å². The molecule has 1 unspecified atom stereocenters. The Hall–Kier alpha value is -1.88. The van der Waals surface area contributed by atoms with Crippen molar-refractivity contribution < 1.29 is 14.3 Å². The molecule has 1 atom stereocenters. The molecule has 0 bridgehead atoms. The molecule has 4 nitrogen and oxygen atoms in total. The van der Waals surface area contributed by atoms with Crippen LogP contribution in [0.15, 0.2) is 24.3 Å². The average Bonchev–Trinajstić information content (AvgIpc) is 2.44. The summed E-state index contributed by atoms with van der Waals surface area (Å²) in [6.45, 7) is 1.94. The predicted molar refractivity (Wildman–Crippen MR) is 82.0 cm³/mol. The van der Waals surface area contributed by atoms with Crippen molar-refractivity contribution in [2.45, 2.75) is 18.9 Å². The van der Waals surface area contributed by atoms with Crippen molar-refractivity contribution in [1.29, 1.82) is 0 Å². The van der Waals surface area contributed by atoms with Gasteiger partial charge in [-0.15, -0.1) is 0 Å². The Kier molecular flexibility index (Phi) is 4.96. The highest BCUT2D eigenvalue weighted by molar-refractivity contribution is 5.87. The third kappa shape index (κ3) is 3.82. The fourth-order valence-corrected chi connectivity index (χ4v) is 2.84. The Bertz CT molecular complexity index is 545. The minimum absolute atomic E-state index is 0.234. The van der Waals surface area contributed by atoms with E-state index in [2.05, 4.69) is 11.9 Å². The van der Waals surface area contributed by atoms with Gasteiger partial charge >= 0.3 is 5.97 Å². The maximum absolute atomic E-state index is 14.2. The lowest BCUT2D eigenvalue weighted by Gasteiger charge is -2.37. The van der Waals surface area contributed by atoms with Crippen LogP contribution in [0.2, 0.25) is 0 Å². The maximum Gasteiger partial charge on any atom is 0.328 e. The molecule has 1 saturated heterocycles. The van der Waals surface area contributed by atoms with E-state index in [-0.39, 0.29) is 11.9 Å². The van der Waals surface area contributed by atoms with Crippen molar-refractivity contribution in [3.63, 3.8) is 0 Å². The summed E-state index contributed by atoms with van der Waals surface area (Å²) < 4.78 is 14.2. The summed E-state index contributed by atoms with van der Waals surface area (Å²) in [7, 11) is 3.94. The lowest BCUT2D eigenvalue weighted by molar-refractivity contribution is -0.131. The standard InChI is InChI=1S/C16H21FN2O2/c1-18-10-4-6-13(11-18)19(2)16-12(8-9-15(20)21)5-3-7-14(16)17/h3,5,7-9,13H,4,6,10-11H2,1-2H3,(H,20,21)/b9-8+. The normalized spacial score (nSPS) is 19.9. The number of carboxylic acid groups (broad SMARTS) is 1. The number of halogens is 1. The molecule has 0 aliphatic carbocycles. The SMILES string of the molecule is CN1CCCC(N(C)c2c(F)cccc2/C=C/C(=O)O)C1. The number of aliphatic carboxylic acids is 1. The second-order valence-electron chi connectivity index (χ2n) is 5.52. The highest BCUT2D eigenvalue weighted by Gasteiger charge is 2.24. The molecule has 1 aliphatic rings. The van der Waals surface area contributed by atoms with Crippen LogP contribution in [-0.2, 0) is 4.79 Å². The number of carbonyl (C=O) groups is 1. The molecule has 1 heterocycles. The lowest BCUT2D eigenvalue weighted by Crippen LogP contribution is -2.45. The summed E-state index contributed by atoms with van der Waals surface area (Å²) in [5, 5.41) is 8.76. The van der Waals surface area contributed by atoms with Crippen LogP contribution in [0.1, 0.15) is 18.4 Å². The quantitative estimate of drug-likeness (QED) is 0.866. The Labute approximate surface area is 124 Å². The number of benzene rings is 1. The highest BCUT2D eigenvalue weighted by Crippen LogP contribution is 2.28. The second kappa shape index (κ2) is 6.72. The first-order chi connectivity index (χ1) is 9.99. The number of carboxylic acids is 1. The van der Waals surface area contributed by atoms with Crippen LogP contribution >= 0.6 is 0 Å². The number of likely N-dealkylation sites (tertiary alicyclic amines) is 1. The van der Waals surface area contributed by atoms with Gasteiger partial charge in [0.1, 0.15) is 5.82 Å². The zero-order valence-electron chi connectivity index (χ0n) is 12.4. The number of rotatable bonds is 4. The lowest BCUT2D eigenvalue weighted by atomic mass is 10.0. The molecule has 1 aromatic rings. The minimum atomic E-state index is -1.04. The van der Waals surface area contributed by atoms with E-state index < -0.39 is 5.97 Å². The fraction of sp³-hybridized carbons (Fsp3) is 0.438. The molecular weight excluding hydrogens is 271 g/mol. The van der Waals surface area contributed by atoms with Crippen molar-refractivity contribution in [3.8, 4) is 0 Å². The maximum atomic E-state index is 14.2. The first kappa shape index (κ1) is 15.5. The molecule has 1 aromatic carbocycles. The highest BCUT2D eigenvalue weighted by atomic mass is 19.1. The van der Waals surface area contributed by atoms with E-state index in [9.17, 15) is 9.18 Å². The molecule has 0 amide bonds. The topological polar surface area (TPSA) is 43.8 Å². The van der Waals surface area contributed by atoms with Crippen LogP contribution in [0, 0.1) is 5.82 Å². The first-order valence-corrected chi connectivity index (χ1v) is 7.10. The Balaban J connectivity index is 2.30. The van der Waals surface area contributed by atoms with Gasteiger partial charge in [0, 0.05) is 31.3 Å². The zero-order valence-corrected chi connectivity index (χ0v) is 12.4. The number of likely N-dealkylation sites (N-methyl/N-ethyl adjacent to an activating group) is 2. The molecule has 0 saturated carbocycles. The van der Waals surface area contributed by atoms with Crippen LogP contribution in [0.4, 0.5) is 10.1 Å². The van der Waals surface area contributed by atoms with Crippen LogP contribution in [-0.4, -0.2) is 49.2 Å². The van der Waals surface area contributed by atoms with Crippen molar-refractivity contribution in [2.24, 2.45) is 0 Å². The molecule has 1 fully saturated rings. The molecule has 0 spiro atoms. The van der Waals surface area contributed by atoms with Gasteiger partial charge in [-0.1, -0.05) is 12.1 Å². The fourth-order valence-electron chi connectivity index (χ4n) is 2.84. The van der Waals surface area contributed by atoms with Gasteiger partial charge in [0.15, 0.2) is 0 Å². The largest absolute Gasteiger partial charge is 0.478 e. The van der Waals surface area contributed by atoms with Gasteiger partial charge in [-0.2, -0.15) is 0 Å². The van der Waals surface area contributed by atoms with E-state index in [0.29, 0.717) is 11.3 Å². The van der Waals surface area contributed by atoms with Gasteiger partial charge in [0.05, 0.1) is 5.69 Å². The predicted octanol–water partition coefficient (Wildman–Crippen LogP) is 2.45. The molecule has 5 heteroatoms. The van der Waals surface area contributed by atoms with Crippen LogP contribution in [0.25, 0.3) is 6.08 Å². The van der Waals surface area contributed by atoms with E-state index in [1.807, 2.05) is 11.9 Å². The number of para-hydroxylation sites is 1. The minimum Gasteiger partial charge on any atom is -0.478 e. The summed E-state index contributed by atoms with van der Waals surface area (Å²) in [5.41, 5.74) is 1.06. The summed E-state index contributed by atoms with van der Waals surface area (Å²) in [5.74, 6) is -1.36.